The fourth-order valence-electron chi connectivity index (χ4n) is 1.54. The molecule has 0 amide bonds. The molecule has 0 fully saturated rings. The second-order valence-corrected chi connectivity index (χ2v) is 6.17. The van der Waals surface area contributed by atoms with E-state index in [1.807, 2.05) is 6.92 Å². The first kappa shape index (κ1) is 12.8. The van der Waals surface area contributed by atoms with Gasteiger partial charge in [-0.05, 0) is 20.8 Å². The van der Waals surface area contributed by atoms with E-state index in [1.54, 1.807) is 20.8 Å². The highest BCUT2D eigenvalue weighted by Crippen LogP contribution is 2.64. The molecule has 1 aliphatic rings. The zero-order valence-corrected chi connectivity index (χ0v) is 10.7. The molecule has 0 aromatic rings. The first-order valence-electron chi connectivity index (χ1n) is 5.28. The van der Waals surface area contributed by atoms with Crippen LogP contribution in [-0.2, 0) is 13.6 Å². The third-order valence-corrected chi connectivity index (χ3v) is 5.55. The standard InChI is InChI=1S/C9H19N2O3P/c1-5-13-15(12,14-6-2)9(4)8(3)7-10-11-9/h8H,5-7H2,1-4H3/t8-,9-/m0/s1. The van der Waals surface area contributed by atoms with E-state index in [0.717, 1.165) is 0 Å². The van der Waals surface area contributed by atoms with E-state index in [-0.39, 0.29) is 5.92 Å². The van der Waals surface area contributed by atoms with Gasteiger partial charge in [-0.3, -0.25) is 4.57 Å². The Morgan fingerprint density at radius 1 is 1.40 bits per heavy atom. The molecule has 0 aliphatic carbocycles. The predicted octanol–water partition coefficient (Wildman–Crippen LogP) is 3.07. The fourth-order valence-corrected chi connectivity index (χ4v) is 3.61. The van der Waals surface area contributed by atoms with Gasteiger partial charge in [0.25, 0.3) is 0 Å². The van der Waals surface area contributed by atoms with Gasteiger partial charge in [0.2, 0.25) is 0 Å². The minimum Gasteiger partial charge on any atom is -0.307 e. The molecule has 1 heterocycles. The van der Waals surface area contributed by atoms with Crippen molar-refractivity contribution in [1.82, 2.24) is 0 Å². The molecule has 0 aromatic carbocycles. The highest BCUT2D eigenvalue weighted by Gasteiger charge is 2.53. The summed E-state index contributed by atoms with van der Waals surface area (Å²) < 4.78 is 23.2. The smallest absolute Gasteiger partial charge is 0.307 e. The molecule has 0 saturated carbocycles. The van der Waals surface area contributed by atoms with Gasteiger partial charge in [-0.1, -0.05) is 6.92 Å². The van der Waals surface area contributed by atoms with Crippen molar-refractivity contribution < 1.29 is 13.6 Å². The number of azo groups is 1. The minimum absolute atomic E-state index is 0.0847. The van der Waals surface area contributed by atoms with Gasteiger partial charge in [0.1, 0.15) is 0 Å². The van der Waals surface area contributed by atoms with Crippen molar-refractivity contribution in [3.05, 3.63) is 0 Å². The van der Waals surface area contributed by atoms with Gasteiger partial charge >= 0.3 is 7.60 Å². The highest BCUT2D eigenvalue weighted by atomic mass is 31.2. The molecule has 0 bridgehead atoms. The lowest BCUT2D eigenvalue weighted by Gasteiger charge is -2.32. The Balaban J connectivity index is 2.97. The fraction of sp³-hybridized carbons (Fsp3) is 1.00. The Kier molecular flexibility index (Phi) is 4.04. The van der Waals surface area contributed by atoms with E-state index in [9.17, 15) is 4.57 Å². The summed E-state index contributed by atoms with van der Waals surface area (Å²) in [6.07, 6.45) is 0. The summed E-state index contributed by atoms with van der Waals surface area (Å²) in [5, 5.41) is 7.19. The lowest BCUT2D eigenvalue weighted by Crippen LogP contribution is -2.30. The van der Waals surface area contributed by atoms with Crippen molar-refractivity contribution in [3.63, 3.8) is 0 Å². The van der Waals surface area contributed by atoms with E-state index in [0.29, 0.717) is 19.8 Å². The number of nitrogens with zero attached hydrogens (tertiary/aromatic N) is 2. The van der Waals surface area contributed by atoms with Gasteiger partial charge in [0, 0.05) is 5.92 Å². The van der Waals surface area contributed by atoms with Crippen molar-refractivity contribution in [2.75, 3.05) is 19.8 Å². The largest absolute Gasteiger partial charge is 0.359 e. The Bertz CT molecular complexity index is 285. The van der Waals surface area contributed by atoms with E-state index < -0.39 is 12.9 Å². The topological polar surface area (TPSA) is 60.2 Å². The second-order valence-electron chi connectivity index (χ2n) is 3.75. The molecule has 0 radical (unpaired) electrons. The van der Waals surface area contributed by atoms with E-state index >= 15 is 0 Å². The van der Waals surface area contributed by atoms with Crippen LogP contribution in [0.5, 0.6) is 0 Å². The van der Waals surface area contributed by atoms with Crippen molar-refractivity contribution in [3.8, 4) is 0 Å². The van der Waals surface area contributed by atoms with E-state index in [2.05, 4.69) is 10.2 Å². The molecule has 6 heteroatoms. The average Bonchev–Trinajstić information content (AvgIpc) is 2.49. The van der Waals surface area contributed by atoms with Gasteiger partial charge in [-0.15, -0.1) is 0 Å². The summed E-state index contributed by atoms with van der Waals surface area (Å²) in [5.41, 5.74) is 0. The van der Waals surface area contributed by atoms with E-state index in [1.165, 1.54) is 0 Å². The van der Waals surface area contributed by atoms with Gasteiger partial charge in [0.05, 0.1) is 19.8 Å². The van der Waals surface area contributed by atoms with Crippen molar-refractivity contribution in [2.24, 2.45) is 16.1 Å². The van der Waals surface area contributed by atoms with E-state index in [4.69, 9.17) is 9.05 Å². The SMILES string of the molecule is CCOP(=O)(OCC)[C@]1(C)N=NC[C@@H]1C. The van der Waals surface area contributed by atoms with Crippen LogP contribution < -0.4 is 0 Å². The Hall–Kier alpha value is -0.250. The zero-order valence-electron chi connectivity index (χ0n) is 9.77. The van der Waals surface area contributed by atoms with Crippen molar-refractivity contribution in [2.45, 2.75) is 33.0 Å². The third kappa shape index (κ3) is 2.14. The molecule has 88 valence electrons. The quantitative estimate of drug-likeness (QED) is 0.687. The summed E-state index contributed by atoms with van der Waals surface area (Å²) in [6.45, 7) is 8.65. The molecule has 15 heavy (non-hydrogen) atoms. The molecule has 1 aliphatic heterocycles. The molecular weight excluding hydrogens is 215 g/mol. The monoisotopic (exact) mass is 234 g/mol. The average molecular weight is 234 g/mol. The summed E-state index contributed by atoms with van der Waals surface area (Å²) >= 11 is 0. The Morgan fingerprint density at radius 2 is 1.93 bits per heavy atom. The predicted molar refractivity (Wildman–Crippen MR) is 58.2 cm³/mol. The maximum atomic E-state index is 12.5. The summed E-state index contributed by atoms with van der Waals surface area (Å²) in [5.74, 6) is 0.0847. The van der Waals surface area contributed by atoms with Gasteiger partial charge < -0.3 is 9.05 Å². The van der Waals surface area contributed by atoms with Gasteiger partial charge in [0.15, 0.2) is 5.28 Å². The lowest BCUT2D eigenvalue weighted by molar-refractivity contribution is 0.190. The third-order valence-electron chi connectivity index (χ3n) is 2.71. The number of hydrogen-bond donors (Lipinski definition) is 0. The first-order valence-corrected chi connectivity index (χ1v) is 6.82. The van der Waals surface area contributed by atoms with Crippen LogP contribution in [0.4, 0.5) is 0 Å². The molecule has 0 aromatic heterocycles. The van der Waals surface area contributed by atoms with Crippen LogP contribution in [0.15, 0.2) is 10.2 Å². The zero-order chi connectivity index (χ0) is 11.5. The van der Waals surface area contributed by atoms with Crippen LogP contribution in [0, 0.1) is 5.92 Å². The maximum Gasteiger partial charge on any atom is 0.359 e. The summed E-state index contributed by atoms with van der Waals surface area (Å²) in [4.78, 5) is 0. The van der Waals surface area contributed by atoms with Crippen LogP contribution >= 0.6 is 7.60 Å². The van der Waals surface area contributed by atoms with Crippen LogP contribution in [0.2, 0.25) is 0 Å². The van der Waals surface area contributed by atoms with Crippen LogP contribution in [0.3, 0.4) is 0 Å². The van der Waals surface area contributed by atoms with Crippen LogP contribution in [-0.4, -0.2) is 25.0 Å². The maximum absolute atomic E-state index is 12.5. The molecule has 0 spiro atoms. The highest BCUT2D eigenvalue weighted by molar-refractivity contribution is 7.55. The Morgan fingerprint density at radius 3 is 2.27 bits per heavy atom. The van der Waals surface area contributed by atoms with Gasteiger partial charge in [-0.25, -0.2) is 0 Å². The van der Waals surface area contributed by atoms with Crippen LogP contribution in [0.1, 0.15) is 27.7 Å². The molecule has 2 atom stereocenters. The minimum atomic E-state index is -3.20. The van der Waals surface area contributed by atoms with Crippen LogP contribution in [0.25, 0.3) is 0 Å². The molecular formula is C9H19N2O3P. The Labute approximate surface area is 90.8 Å². The first-order chi connectivity index (χ1) is 7.00. The van der Waals surface area contributed by atoms with Crippen molar-refractivity contribution in [1.29, 1.82) is 0 Å². The van der Waals surface area contributed by atoms with Gasteiger partial charge in [-0.2, -0.15) is 10.2 Å². The number of hydrogen-bond acceptors (Lipinski definition) is 5. The van der Waals surface area contributed by atoms with Crippen molar-refractivity contribution >= 4 is 7.60 Å². The molecule has 0 N–H and O–H groups in total. The summed E-state index contributed by atoms with van der Waals surface area (Å²) in [7, 11) is -3.20. The molecule has 0 saturated heterocycles. The molecule has 5 nitrogen and oxygen atoms in total. The molecule has 1 rings (SSSR count). The second kappa shape index (κ2) is 4.73. The molecule has 0 unspecified atom stereocenters. The lowest BCUT2D eigenvalue weighted by atomic mass is 10.1. The summed E-state index contributed by atoms with van der Waals surface area (Å²) in [6, 6.07) is 0. The normalized spacial score (nSPS) is 31.1. The number of rotatable bonds is 5.